The van der Waals surface area contributed by atoms with E-state index in [-0.39, 0.29) is 0 Å². The van der Waals surface area contributed by atoms with E-state index >= 15 is 0 Å². The zero-order valence-corrected chi connectivity index (χ0v) is 9.77. The Kier molecular flexibility index (Phi) is 4.82. The molecule has 1 nitrogen and oxygen atoms in total. The van der Waals surface area contributed by atoms with Crippen molar-refractivity contribution in [3.63, 3.8) is 0 Å². The summed E-state index contributed by atoms with van der Waals surface area (Å²) < 4.78 is 0. The van der Waals surface area contributed by atoms with Crippen LogP contribution in [0.2, 0.25) is 0 Å². The molecule has 1 aliphatic rings. The van der Waals surface area contributed by atoms with Gasteiger partial charge in [0.05, 0.1) is 0 Å². The molecule has 0 fully saturated rings. The van der Waals surface area contributed by atoms with Crippen molar-refractivity contribution in [3.05, 3.63) is 47.6 Å². The number of hydrogen-bond acceptors (Lipinski definition) is 1. The zero-order chi connectivity index (χ0) is 11.1. The number of allylic oxidation sites excluding steroid dienone is 8. The molecule has 0 aromatic rings. The van der Waals surface area contributed by atoms with Gasteiger partial charge in [0.1, 0.15) is 0 Å². The van der Waals surface area contributed by atoms with E-state index in [1.807, 2.05) is 12.2 Å². The molecule has 0 amide bonds. The van der Waals surface area contributed by atoms with Crippen LogP contribution in [-0.2, 0) is 0 Å². The minimum Gasteiger partial charge on any atom is -0.297 e. The fourth-order valence-electron chi connectivity index (χ4n) is 1.58. The molecular weight excluding hydrogens is 182 g/mol. The molecule has 0 heterocycles. The van der Waals surface area contributed by atoms with Crippen LogP contribution in [0.15, 0.2) is 52.6 Å². The highest BCUT2D eigenvalue weighted by Crippen LogP contribution is 2.21. The van der Waals surface area contributed by atoms with Gasteiger partial charge in [-0.15, -0.1) is 0 Å². The Labute approximate surface area is 92.6 Å². The Morgan fingerprint density at radius 3 is 2.87 bits per heavy atom. The molecule has 0 bridgehead atoms. The van der Waals surface area contributed by atoms with Gasteiger partial charge in [0.15, 0.2) is 0 Å². The summed E-state index contributed by atoms with van der Waals surface area (Å²) in [5.74, 6) is 0.607. The fourth-order valence-corrected chi connectivity index (χ4v) is 1.58. The minimum atomic E-state index is 0.607. The number of aliphatic imine (C=N–C) groups is 1. The SMILES string of the molecule is C/N=C/C=C\C=C(/C)CC1=CC(C)C=C1. The third-order valence-corrected chi connectivity index (χ3v) is 2.30. The van der Waals surface area contributed by atoms with Crippen LogP contribution in [0.5, 0.6) is 0 Å². The first kappa shape index (κ1) is 11.7. The molecule has 1 atom stereocenters. The molecule has 1 unspecified atom stereocenters. The highest BCUT2D eigenvalue weighted by molar-refractivity contribution is 5.71. The van der Waals surface area contributed by atoms with Gasteiger partial charge in [-0.25, -0.2) is 0 Å². The maximum Gasteiger partial charge on any atom is 0.0277 e. The standard InChI is InChI=1S/C14H19N/c1-12(6-4-5-9-15-3)10-14-8-7-13(2)11-14/h4-9,11,13H,10H2,1-3H3/b5-4-,12-6+,15-9+. The summed E-state index contributed by atoms with van der Waals surface area (Å²) in [7, 11) is 1.77. The quantitative estimate of drug-likeness (QED) is 0.485. The summed E-state index contributed by atoms with van der Waals surface area (Å²) in [5.41, 5.74) is 2.80. The van der Waals surface area contributed by atoms with E-state index in [1.165, 1.54) is 11.1 Å². The Bertz CT molecular complexity index is 340. The summed E-state index contributed by atoms with van der Waals surface area (Å²) in [6.45, 7) is 4.37. The Morgan fingerprint density at radius 2 is 2.27 bits per heavy atom. The predicted octanol–water partition coefficient (Wildman–Crippen LogP) is 3.71. The molecule has 0 aromatic carbocycles. The van der Waals surface area contributed by atoms with Gasteiger partial charge < -0.3 is 0 Å². The van der Waals surface area contributed by atoms with Gasteiger partial charge in [-0.3, -0.25) is 4.99 Å². The first-order valence-corrected chi connectivity index (χ1v) is 5.36. The van der Waals surface area contributed by atoms with Crippen molar-refractivity contribution in [2.24, 2.45) is 10.9 Å². The lowest BCUT2D eigenvalue weighted by Crippen LogP contribution is -1.80. The van der Waals surface area contributed by atoms with Crippen LogP contribution in [0.1, 0.15) is 20.3 Å². The lowest BCUT2D eigenvalue weighted by atomic mass is 10.1. The van der Waals surface area contributed by atoms with E-state index < -0.39 is 0 Å². The number of rotatable bonds is 4. The smallest absolute Gasteiger partial charge is 0.0277 e. The van der Waals surface area contributed by atoms with Crippen LogP contribution in [0.3, 0.4) is 0 Å². The third kappa shape index (κ3) is 4.59. The van der Waals surface area contributed by atoms with Gasteiger partial charge >= 0.3 is 0 Å². The number of nitrogens with zero attached hydrogens (tertiary/aromatic N) is 1. The summed E-state index contributed by atoms with van der Waals surface area (Å²) >= 11 is 0. The molecule has 0 aromatic heterocycles. The first-order valence-electron chi connectivity index (χ1n) is 5.36. The monoisotopic (exact) mass is 201 g/mol. The number of hydrogen-bond donors (Lipinski definition) is 0. The summed E-state index contributed by atoms with van der Waals surface area (Å²) in [4.78, 5) is 3.88. The van der Waals surface area contributed by atoms with E-state index in [0.717, 1.165) is 6.42 Å². The Balaban J connectivity index is 2.45. The normalized spacial score (nSPS) is 21.9. The molecule has 0 N–H and O–H groups in total. The third-order valence-electron chi connectivity index (χ3n) is 2.30. The zero-order valence-electron chi connectivity index (χ0n) is 9.77. The molecule has 1 rings (SSSR count). The molecule has 0 aliphatic heterocycles. The highest BCUT2D eigenvalue weighted by atomic mass is 14.6. The van der Waals surface area contributed by atoms with Gasteiger partial charge in [-0.05, 0) is 30.9 Å². The molecule has 1 aliphatic carbocycles. The van der Waals surface area contributed by atoms with Gasteiger partial charge in [-0.1, -0.05) is 42.9 Å². The van der Waals surface area contributed by atoms with Gasteiger partial charge in [0, 0.05) is 13.3 Å². The Hall–Kier alpha value is -1.37. The molecular formula is C14H19N. The lowest BCUT2D eigenvalue weighted by Gasteiger charge is -1.99. The van der Waals surface area contributed by atoms with E-state index in [1.54, 1.807) is 13.3 Å². The lowest BCUT2D eigenvalue weighted by molar-refractivity contribution is 0.950. The van der Waals surface area contributed by atoms with Crippen LogP contribution in [-0.4, -0.2) is 13.3 Å². The first-order chi connectivity index (χ1) is 7.22. The van der Waals surface area contributed by atoms with Gasteiger partial charge in [-0.2, -0.15) is 0 Å². The minimum absolute atomic E-state index is 0.607. The van der Waals surface area contributed by atoms with Crippen molar-refractivity contribution in [3.8, 4) is 0 Å². The van der Waals surface area contributed by atoms with E-state index in [9.17, 15) is 0 Å². The Morgan fingerprint density at radius 1 is 1.47 bits per heavy atom. The van der Waals surface area contributed by atoms with Crippen molar-refractivity contribution >= 4 is 6.21 Å². The average molecular weight is 201 g/mol. The highest BCUT2D eigenvalue weighted by Gasteiger charge is 2.03. The van der Waals surface area contributed by atoms with Crippen molar-refractivity contribution in [2.75, 3.05) is 7.05 Å². The van der Waals surface area contributed by atoms with Crippen molar-refractivity contribution < 1.29 is 0 Å². The van der Waals surface area contributed by atoms with Crippen LogP contribution in [0.4, 0.5) is 0 Å². The second kappa shape index (κ2) is 6.18. The summed E-state index contributed by atoms with van der Waals surface area (Å²) in [5, 5.41) is 0. The van der Waals surface area contributed by atoms with E-state index in [0.29, 0.717) is 5.92 Å². The second-order valence-electron chi connectivity index (χ2n) is 3.94. The molecule has 0 saturated carbocycles. The van der Waals surface area contributed by atoms with Crippen molar-refractivity contribution in [1.29, 1.82) is 0 Å². The van der Waals surface area contributed by atoms with Crippen molar-refractivity contribution in [2.45, 2.75) is 20.3 Å². The van der Waals surface area contributed by atoms with E-state index in [2.05, 4.69) is 43.1 Å². The maximum atomic E-state index is 3.88. The summed E-state index contributed by atoms with van der Waals surface area (Å²) in [6.07, 6.45) is 15.7. The largest absolute Gasteiger partial charge is 0.297 e. The van der Waals surface area contributed by atoms with Crippen molar-refractivity contribution in [1.82, 2.24) is 0 Å². The molecule has 80 valence electrons. The van der Waals surface area contributed by atoms with Gasteiger partial charge in [0.2, 0.25) is 0 Å². The average Bonchev–Trinajstić information content (AvgIpc) is 2.59. The maximum absolute atomic E-state index is 3.88. The summed E-state index contributed by atoms with van der Waals surface area (Å²) in [6, 6.07) is 0. The molecule has 0 saturated heterocycles. The second-order valence-corrected chi connectivity index (χ2v) is 3.94. The van der Waals surface area contributed by atoms with Gasteiger partial charge in [0.25, 0.3) is 0 Å². The predicted molar refractivity (Wildman–Crippen MR) is 68.3 cm³/mol. The van der Waals surface area contributed by atoms with Crippen LogP contribution >= 0.6 is 0 Å². The van der Waals surface area contributed by atoms with Crippen LogP contribution < -0.4 is 0 Å². The van der Waals surface area contributed by atoms with E-state index in [4.69, 9.17) is 0 Å². The topological polar surface area (TPSA) is 12.4 Å². The van der Waals surface area contributed by atoms with Crippen LogP contribution in [0, 0.1) is 5.92 Å². The molecule has 1 heteroatoms. The molecule has 15 heavy (non-hydrogen) atoms. The van der Waals surface area contributed by atoms with Crippen LogP contribution in [0.25, 0.3) is 0 Å². The molecule has 0 radical (unpaired) electrons. The fraction of sp³-hybridized carbons (Fsp3) is 0.357. The molecule has 0 spiro atoms.